The third kappa shape index (κ3) is 13.9. The fraction of sp³-hybridized carbons (Fsp3) is 0.600. The summed E-state index contributed by atoms with van der Waals surface area (Å²) in [5.74, 6) is -0.948. The number of aliphatic hydroxyl groups excluding tert-OH is 2. The van der Waals surface area contributed by atoms with Crippen LogP contribution in [0.25, 0.3) is 11.1 Å². The first-order chi connectivity index (χ1) is 40.4. The number of likely N-dealkylation sites (tertiary alicyclic amines) is 1. The summed E-state index contributed by atoms with van der Waals surface area (Å²) in [6.45, 7) is 6.58. The van der Waals surface area contributed by atoms with Crippen molar-refractivity contribution in [1.82, 2.24) is 10.2 Å². The van der Waals surface area contributed by atoms with Crippen LogP contribution in [0.1, 0.15) is 147 Å². The van der Waals surface area contributed by atoms with Crippen LogP contribution in [0.15, 0.2) is 96.6 Å². The number of aliphatic hydroxyl groups is 2. The molecule has 10 rings (SSSR count). The van der Waals surface area contributed by atoms with E-state index in [1.165, 1.54) is 18.2 Å². The van der Waals surface area contributed by atoms with Gasteiger partial charge in [-0.1, -0.05) is 131 Å². The second-order valence-corrected chi connectivity index (χ2v) is 26.2. The van der Waals surface area contributed by atoms with E-state index >= 15 is 0 Å². The summed E-state index contributed by atoms with van der Waals surface area (Å²) in [6, 6.07) is 21.9. The molecule has 6 fully saturated rings. The Morgan fingerprint density at radius 2 is 1.60 bits per heavy atom. The zero-order chi connectivity index (χ0) is 59.1. The molecule has 0 radical (unpaired) electrons. The zero-order valence-corrected chi connectivity index (χ0v) is 49.6. The number of hydrogen-bond donors (Lipinski definition) is 6. The minimum atomic E-state index is -5.05. The number of hydrogen-bond acceptors (Lipinski definition) is 15. The first-order valence-electron chi connectivity index (χ1n) is 30.8. The van der Waals surface area contributed by atoms with Crippen LogP contribution in [0.4, 0.5) is 15.3 Å². The number of benzene rings is 3. The van der Waals surface area contributed by atoms with Gasteiger partial charge in [-0.2, -0.15) is 0 Å². The molecule has 0 unspecified atom stereocenters. The molecule has 7 aliphatic rings. The van der Waals surface area contributed by atoms with Gasteiger partial charge in [0.2, 0.25) is 5.78 Å². The molecule has 3 aromatic carbocycles. The van der Waals surface area contributed by atoms with Crippen molar-refractivity contribution >= 4 is 37.3 Å². The molecule has 19 heteroatoms. The lowest BCUT2D eigenvalue weighted by Crippen LogP contribution is -2.63. The summed E-state index contributed by atoms with van der Waals surface area (Å²) < 4.78 is 47.5. The summed E-state index contributed by atoms with van der Waals surface area (Å²) in [5, 5.41) is 29.6. The molecule has 2 aliphatic heterocycles. The predicted octanol–water partition coefficient (Wildman–Crippen LogP) is 11.1. The molecule has 84 heavy (non-hydrogen) atoms. The molecule has 2 saturated heterocycles. The molecule has 0 aromatic heterocycles. The van der Waals surface area contributed by atoms with Crippen molar-refractivity contribution in [3.63, 3.8) is 0 Å². The van der Waals surface area contributed by atoms with Gasteiger partial charge in [0.25, 0.3) is 0 Å². The number of rotatable bonds is 24. The number of carbonyl (C=O) groups is 4. The molecular weight excluding hydrogens is 1090 g/mol. The smallest absolute Gasteiger partial charge is 0.446 e. The average molecular weight is 1180 g/mol. The van der Waals surface area contributed by atoms with Gasteiger partial charge in [-0.05, 0) is 131 Å². The standard InChI is InChI=1S/C65H86N3O15P/c1-63-31-28-48(69)37-47(63)25-26-51-52-38-58-65(64(52,2)39-54(70)59(51)63,82-60(81-58)44-20-12-9-13-21-44)57(72)42-79-62(74)78-41-46-36-45(24-27-56(46)83-84(75,76)77)55(71)40-66-32-16-6-4-3-5-7-17-33-68-34-29-49(30-35-68)80-61(73)67-53-23-15-14-22-50(53)43-18-10-8-11-19-43/h8,10-11,14-15,18-19,22-24,27-28,31,36-37,44,49,51-52,54-55,58-60,66,70-71H,3-7,9,12-13,16-17,20-21,25-26,29-30,32-35,38-42H2,1-2H3,(H,67,73)(H2,75,76,77)/t51-,52-,54-,55+,58+,59+,60+,63-,64-,65+/m0/s1. The fourth-order valence-electron chi connectivity index (χ4n) is 15.6. The number of anilines is 1. The molecule has 4 saturated carbocycles. The maximum atomic E-state index is 15.0. The highest BCUT2D eigenvalue weighted by molar-refractivity contribution is 7.46. The van der Waals surface area contributed by atoms with E-state index in [1.54, 1.807) is 12.2 Å². The van der Waals surface area contributed by atoms with E-state index in [4.69, 9.17) is 28.2 Å². The van der Waals surface area contributed by atoms with Gasteiger partial charge in [0.05, 0.1) is 24.0 Å². The first kappa shape index (κ1) is 61.8. The number of fused-ring (bicyclic) bond motifs is 7. The lowest BCUT2D eigenvalue weighted by molar-refractivity contribution is -0.209. The number of ketones is 2. The molecule has 3 aromatic rings. The van der Waals surface area contributed by atoms with E-state index in [9.17, 15) is 43.7 Å². The molecule has 10 atom stereocenters. The minimum Gasteiger partial charge on any atom is -0.446 e. The van der Waals surface area contributed by atoms with Gasteiger partial charge < -0.3 is 48.6 Å². The van der Waals surface area contributed by atoms with Crippen molar-refractivity contribution in [3.8, 4) is 16.9 Å². The van der Waals surface area contributed by atoms with Gasteiger partial charge in [0.15, 0.2) is 24.3 Å². The SMILES string of the molecule is C[C@]12C=CC(=O)C=C1CC[C@@H]1[C@@H]2[C@@H](O)C[C@@]2(C)[C@H]1C[C@H]1O[C@@H](C3CCCCC3)O[C@]12C(=O)COC(=O)OCc1cc([C@H](O)CNCCCCCCCCCN2CCC(OC(=O)Nc3ccccc3-c3ccccc3)CC2)ccc1OP(=O)(O)O. The van der Waals surface area contributed by atoms with Gasteiger partial charge in [-0.3, -0.25) is 24.7 Å². The maximum Gasteiger partial charge on any atom is 0.524 e. The minimum absolute atomic E-state index is 0.00249. The highest BCUT2D eigenvalue weighted by Gasteiger charge is 2.76. The molecule has 5 aliphatic carbocycles. The lowest BCUT2D eigenvalue weighted by atomic mass is 9.46. The summed E-state index contributed by atoms with van der Waals surface area (Å²) in [5.41, 5.74) is 1.27. The molecule has 2 heterocycles. The number of piperidine rings is 1. The zero-order valence-electron chi connectivity index (χ0n) is 48.7. The topological polar surface area (TPSA) is 249 Å². The average Bonchev–Trinajstić information content (AvgIpc) is 1.51. The maximum absolute atomic E-state index is 15.0. The van der Waals surface area contributed by atoms with Crippen LogP contribution in [-0.2, 0) is 44.4 Å². The number of allylic oxidation sites excluding steroid dienone is 4. The van der Waals surface area contributed by atoms with E-state index in [0.29, 0.717) is 24.9 Å². The van der Waals surface area contributed by atoms with Gasteiger partial charge in [-0.15, -0.1) is 0 Å². The monoisotopic (exact) mass is 1180 g/mol. The molecular formula is C65H86N3O15P. The Morgan fingerprint density at radius 3 is 2.36 bits per heavy atom. The molecule has 1 amide bonds. The van der Waals surface area contributed by atoms with Crippen molar-refractivity contribution in [2.45, 2.75) is 172 Å². The van der Waals surface area contributed by atoms with Crippen LogP contribution < -0.4 is 15.2 Å². The van der Waals surface area contributed by atoms with E-state index in [0.717, 1.165) is 138 Å². The number of carbonyl (C=O) groups excluding carboxylic acids is 4. The van der Waals surface area contributed by atoms with Crippen molar-refractivity contribution in [2.24, 2.45) is 34.5 Å². The van der Waals surface area contributed by atoms with E-state index < -0.39 is 80.1 Å². The second-order valence-electron chi connectivity index (χ2n) is 25.1. The summed E-state index contributed by atoms with van der Waals surface area (Å²) in [7, 11) is -5.05. The Labute approximate surface area is 493 Å². The second kappa shape index (κ2) is 27.2. The molecule has 0 spiro atoms. The highest BCUT2D eigenvalue weighted by Crippen LogP contribution is 2.70. The third-order valence-electron chi connectivity index (χ3n) is 19.8. The summed E-state index contributed by atoms with van der Waals surface area (Å²) >= 11 is 0. The van der Waals surface area contributed by atoms with Crippen LogP contribution in [0.5, 0.6) is 5.75 Å². The van der Waals surface area contributed by atoms with Gasteiger partial charge >= 0.3 is 20.1 Å². The van der Waals surface area contributed by atoms with Crippen LogP contribution in [-0.4, -0.2) is 118 Å². The van der Waals surface area contributed by atoms with Crippen LogP contribution >= 0.6 is 7.82 Å². The van der Waals surface area contributed by atoms with Crippen molar-refractivity contribution < 1.29 is 72.0 Å². The Balaban J connectivity index is 0.643. The number of amides is 1. The Bertz CT molecular complexity index is 2900. The number of Topliss-reactive ketones (excluding diaryl/α,β-unsaturated/α-hetero) is 1. The molecule has 0 bridgehead atoms. The van der Waals surface area contributed by atoms with Crippen molar-refractivity contribution in [3.05, 3.63) is 108 Å². The number of nitrogens with one attached hydrogen (secondary N) is 2. The molecule has 6 N–H and O–H groups in total. The van der Waals surface area contributed by atoms with Crippen molar-refractivity contribution in [1.29, 1.82) is 0 Å². The largest absolute Gasteiger partial charge is 0.524 e. The lowest BCUT2D eigenvalue weighted by Gasteiger charge is -2.59. The Morgan fingerprint density at radius 1 is 0.869 bits per heavy atom. The highest BCUT2D eigenvalue weighted by atomic mass is 31.2. The molecule has 18 nitrogen and oxygen atoms in total. The van der Waals surface area contributed by atoms with E-state index in [-0.39, 0.29) is 59.8 Å². The number of phosphoric ester groups is 1. The van der Waals surface area contributed by atoms with Crippen molar-refractivity contribution in [2.75, 3.05) is 44.6 Å². The first-order valence-corrected chi connectivity index (χ1v) is 32.4. The Hall–Kier alpha value is -5.27. The third-order valence-corrected chi connectivity index (χ3v) is 20.2. The number of phosphoric acid groups is 1. The van der Waals surface area contributed by atoms with Gasteiger partial charge in [0.1, 0.15) is 18.5 Å². The Kier molecular flexibility index (Phi) is 20.0. The number of ether oxygens (including phenoxy) is 5. The number of para-hydroxylation sites is 1. The van der Waals surface area contributed by atoms with Crippen LogP contribution in [0.3, 0.4) is 0 Å². The molecule has 456 valence electrons. The number of nitrogens with zero attached hydrogens (tertiary/aromatic N) is 1. The summed E-state index contributed by atoms with van der Waals surface area (Å²) in [6.07, 6.45) is 16.9. The van der Waals surface area contributed by atoms with Gasteiger partial charge in [0, 0.05) is 53.4 Å². The van der Waals surface area contributed by atoms with E-state index in [1.807, 2.05) is 67.6 Å². The number of unbranched alkanes of at least 4 members (excludes halogenated alkanes) is 6. The van der Waals surface area contributed by atoms with E-state index in [2.05, 4.69) is 22.5 Å². The van der Waals surface area contributed by atoms with Gasteiger partial charge in [-0.25, -0.2) is 14.2 Å². The van der Waals surface area contributed by atoms with Crippen LogP contribution in [0, 0.1) is 34.5 Å². The fourth-order valence-corrected chi connectivity index (χ4v) is 16.0. The normalized spacial score (nSPS) is 29.2. The summed E-state index contributed by atoms with van der Waals surface area (Å²) in [4.78, 5) is 75.5. The predicted molar refractivity (Wildman–Crippen MR) is 314 cm³/mol. The van der Waals surface area contributed by atoms with Crippen LogP contribution in [0.2, 0.25) is 0 Å². The quantitative estimate of drug-likeness (QED) is 0.0277.